The van der Waals surface area contributed by atoms with Crippen LogP contribution in [0.15, 0.2) is 76.6 Å². The summed E-state index contributed by atoms with van der Waals surface area (Å²) >= 11 is 9.42. The molecule has 1 saturated heterocycles. The molecular formula is C33H26ClFN2O4S2. The summed E-state index contributed by atoms with van der Waals surface area (Å²) in [7, 11) is 0. The first-order valence-electron chi connectivity index (χ1n) is 14.3. The van der Waals surface area contributed by atoms with Gasteiger partial charge < -0.3 is 9.72 Å². The lowest BCUT2D eigenvalue weighted by Crippen LogP contribution is -2.42. The van der Waals surface area contributed by atoms with Crippen LogP contribution in [0.3, 0.4) is 0 Å². The van der Waals surface area contributed by atoms with E-state index in [4.69, 9.17) is 16.3 Å². The van der Waals surface area contributed by atoms with E-state index in [0.29, 0.717) is 23.1 Å². The zero-order chi connectivity index (χ0) is 29.6. The zero-order valence-corrected chi connectivity index (χ0v) is 25.3. The van der Waals surface area contributed by atoms with E-state index < -0.39 is 17.7 Å². The van der Waals surface area contributed by atoms with Crippen molar-refractivity contribution < 1.29 is 18.7 Å². The Kier molecular flexibility index (Phi) is 6.37. The minimum absolute atomic E-state index is 0.000286. The number of anilines is 1. The number of H-pyrrole nitrogens is 1. The van der Waals surface area contributed by atoms with Crippen LogP contribution in [0.2, 0.25) is 5.02 Å². The zero-order valence-electron chi connectivity index (χ0n) is 23.0. The number of carbonyl (C=O) groups is 2. The fourth-order valence-electron chi connectivity index (χ4n) is 7.95. The Balaban J connectivity index is 1.20. The highest BCUT2D eigenvalue weighted by Crippen LogP contribution is 2.69. The molecule has 1 N–H and O–H groups in total. The predicted molar refractivity (Wildman–Crippen MR) is 164 cm³/mol. The second-order valence-corrected chi connectivity index (χ2v) is 14.5. The fourth-order valence-corrected chi connectivity index (χ4v) is 11.0. The standard InChI is InChI=1S/C33H26ClFN2O4S2/c1-15-2-4-16(5-3-15)14-41-23-11-6-17(34)12-20(23)24-25-21-13-22(28(25)42-30-29(24)43-33(40)36-30)27-26(21)31(38)37(32(27)39)19-9-7-18(35)8-10-19/h2-12,21-22,24-28H,13-14H2,1H3,(H,36,40)/t21-,22-,24+,25+,26+,27+,28-/m1/s1. The van der Waals surface area contributed by atoms with Crippen LogP contribution in [-0.4, -0.2) is 22.0 Å². The van der Waals surface area contributed by atoms with Crippen molar-refractivity contribution in [2.75, 3.05) is 4.90 Å². The first-order chi connectivity index (χ1) is 20.8. The van der Waals surface area contributed by atoms with Crippen molar-refractivity contribution in [2.24, 2.45) is 29.6 Å². The van der Waals surface area contributed by atoms with Crippen molar-refractivity contribution >= 4 is 52.2 Å². The maximum absolute atomic E-state index is 13.9. The van der Waals surface area contributed by atoms with Gasteiger partial charge in [0, 0.05) is 26.6 Å². The molecule has 2 aliphatic carbocycles. The van der Waals surface area contributed by atoms with E-state index in [-0.39, 0.29) is 45.6 Å². The number of fused-ring (bicyclic) bond motifs is 9. The topological polar surface area (TPSA) is 79.5 Å². The second-order valence-electron chi connectivity index (χ2n) is 11.9. The number of hydrogen-bond donors (Lipinski definition) is 1. The van der Waals surface area contributed by atoms with Gasteiger partial charge in [-0.05, 0) is 79.1 Å². The Hall–Kier alpha value is -3.40. The molecule has 0 spiro atoms. The Morgan fingerprint density at radius 2 is 1.70 bits per heavy atom. The smallest absolute Gasteiger partial charge is 0.305 e. The molecule has 8 rings (SSSR count). The molecule has 218 valence electrons. The number of carbonyl (C=O) groups excluding carboxylic acids is 2. The number of benzene rings is 3. The van der Waals surface area contributed by atoms with E-state index in [1.165, 1.54) is 46.1 Å². The van der Waals surface area contributed by atoms with Gasteiger partial charge in [0.2, 0.25) is 11.8 Å². The molecule has 3 fully saturated rings. The lowest BCUT2D eigenvalue weighted by Gasteiger charge is -2.43. The molecule has 2 saturated carbocycles. The molecule has 4 aliphatic rings. The number of halogens is 2. The van der Waals surface area contributed by atoms with Gasteiger partial charge in [0.15, 0.2) is 0 Å². The van der Waals surface area contributed by atoms with E-state index in [1.807, 2.05) is 37.3 Å². The number of aromatic nitrogens is 1. The normalized spacial score (nSPS) is 28.6. The van der Waals surface area contributed by atoms with Crippen molar-refractivity contribution in [3.05, 3.63) is 109 Å². The lowest BCUT2D eigenvalue weighted by molar-refractivity contribution is -0.123. The van der Waals surface area contributed by atoms with Crippen LogP contribution in [0.5, 0.6) is 5.75 Å². The Labute approximate surface area is 260 Å². The molecule has 7 atom stereocenters. The number of hydrogen-bond acceptors (Lipinski definition) is 6. The minimum atomic E-state index is -0.458. The van der Waals surface area contributed by atoms with E-state index >= 15 is 0 Å². The SMILES string of the molecule is Cc1ccc(COc2ccc(Cl)cc2[C@@H]2c3sc(=O)[nH]c3S[C@@H]3[C@@H]4C[C@@H]([C@@H]5C(=O)N(c6ccc(F)cc6)C(=O)[C@@H]45)[C@@H]23)cc1. The summed E-state index contributed by atoms with van der Waals surface area (Å²) in [5.74, 6) is -1.36. The molecule has 43 heavy (non-hydrogen) atoms. The Bertz CT molecular complexity index is 1840. The minimum Gasteiger partial charge on any atom is -0.489 e. The third-order valence-corrected chi connectivity index (χ3v) is 12.5. The Morgan fingerprint density at radius 1 is 0.977 bits per heavy atom. The van der Waals surface area contributed by atoms with Crippen LogP contribution in [-0.2, 0) is 16.2 Å². The molecule has 2 amide bonds. The van der Waals surface area contributed by atoms with E-state index in [2.05, 4.69) is 17.1 Å². The van der Waals surface area contributed by atoms with Gasteiger partial charge in [0.25, 0.3) is 0 Å². The van der Waals surface area contributed by atoms with Crippen molar-refractivity contribution in [1.82, 2.24) is 4.98 Å². The number of amides is 2. The van der Waals surface area contributed by atoms with Gasteiger partial charge in [-0.15, -0.1) is 11.8 Å². The van der Waals surface area contributed by atoms with Gasteiger partial charge in [0.1, 0.15) is 18.2 Å². The number of nitrogens with zero attached hydrogens (tertiary/aromatic N) is 1. The first-order valence-corrected chi connectivity index (χ1v) is 16.4. The van der Waals surface area contributed by atoms with Crippen molar-refractivity contribution in [1.29, 1.82) is 0 Å². The number of aryl methyl sites for hydroxylation is 1. The highest BCUT2D eigenvalue weighted by atomic mass is 35.5. The summed E-state index contributed by atoms with van der Waals surface area (Å²) in [6.07, 6.45) is 0.766. The molecule has 0 radical (unpaired) electrons. The van der Waals surface area contributed by atoms with Crippen molar-refractivity contribution in [3.63, 3.8) is 0 Å². The van der Waals surface area contributed by atoms with Gasteiger partial charge in [0.05, 0.1) is 22.5 Å². The Morgan fingerprint density at radius 3 is 2.44 bits per heavy atom. The largest absolute Gasteiger partial charge is 0.489 e. The second kappa shape index (κ2) is 10.1. The number of thioether (sulfide) groups is 1. The number of aromatic amines is 1. The highest BCUT2D eigenvalue weighted by Gasteiger charge is 2.69. The number of nitrogens with one attached hydrogen (secondary N) is 1. The predicted octanol–water partition coefficient (Wildman–Crippen LogP) is 6.79. The summed E-state index contributed by atoms with van der Waals surface area (Å²) < 4.78 is 20.1. The van der Waals surface area contributed by atoms with Crippen LogP contribution in [0.1, 0.15) is 33.9 Å². The third-order valence-electron chi connectivity index (χ3n) is 9.63. The molecule has 0 unspecified atom stereocenters. The van der Waals surface area contributed by atoms with Crippen molar-refractivity contribution in [3.8, 4) is 5.75 Å². The van der Waals surface area contributed by atoms with Crippen LogP contribution < -0.4 is 14.5 Å². The third kappa shape index (κ3) is 4.23. The summed E-state index contributed by atoms with van der Waals surface area (Å²) in [5, 5.41) is 1.41. The van der Waals surface area contributed by atoms with Gasteiger partial charge in [-0.2, -0.15) is 0 Å². The van der Waals surface area contributed by atoms with Gasteiger partial charge >= 0.3 is 4.87 Å². The average Bonchev–Trinajstić information content (AvgIpc) is 3.73. The van der Waals surface area contributed by atoms with Gasteiger partial charge in [-0.1, -0.05) is 52.8 Å². The van der Waals surface area contributed by atoms with Crippen molar-refractivity contribution in [2.45, 2.75) is 36.1 Å². The lowest BCUT2D eigenvalue weighted by atomic mass is 9.68. The molecular weight excluding hydrogens is 607 g/mol. The highest BCUT2D eigenvalue weighted by molar-refractivity contribution is 8.00. The van der Waals surface area contributed by atoms with Gasteiger partial charge in [-0.25, -0.2) is 4.39 Å². The van der Waals surface area contributed by atoms with E-state index in [9.17, 15) is 18.8 Å². The molecule has 6 nitrogen and oxygen atoms in total. The number of imide groups is 1. The number of ether oxygens (including phenoxy) is 1. The summed E-state index contributed by atoms with van der Waals surface area (Å²) in [5.41, 5.74) is 3.50. The maximum atomic E-state index is 13.9. The maximum Gasteiger partial charge on any atom is 0.305 e. The van der Waals surface area contributed by atoms with Crippen LogP contribution in [0.25, 0.3) is 0 Å². The van der Waals surface area contributed by atoms with Crippen LogP contribution in [0.4, 0.5) is 10.1 Å². The van der Waals surface area contributed by atoms with E-state index in [1.54, 1.807) is 11.8 Å². The molecule has 3 heterocycles. The monoisotopic (exact) mass is 632 g/mol. The van der Waals surface area contributed by atoms with Crippen LogP contribution >= 0.6 is 34.7 Å². The summed E-state index contributed by atoms with van der Waals surface area (Å²) in [6.45, 7) is 2.41. The number of rotatable bonds is 5. The van der Waals surface area contributed by atoms with Gasteiger partial charge in [-0.3, -0.25) is 19.3 Å². The molecule has 10 heteroatoms. The number of thiazole rings is 1. The first kappa shape index (κ1) is 27.2. The summed E-state index contributed by atoms with van der Waals surface area (Å²) in [6, 6.07) is 19.3. The molecule has 1 aromatic heterocycles. The molecule has 2 aliphatic heterocycles. The molecule has 2 bridgehead atoms. The fraction of sp³-hybridized carbons (Fsp3) is 0.303. The summed E-state index contributed by atoms with van der Waals surface area (Å²) in [4.78, 5) is 45.5. The molecule has 3 aromatic carbocycles. The van der Waals surface area contributed by atoms with E-state index in [0.717, 1.165) is 27.5 Å². The molecule has 4 aromatic rings. The quantitative estimate of drug-likeness (QED) is 0.245. The average molecular weight is 633 g/mol. The van der Waals surface area contributed by atoms with Crippen LogP contribution in [0, 0.1) is 42.3 Å².